The minimum Gasteiger partial charge on any atom is -0.329 e. The van der Waals surface area contributed by atoms with Gasteiger partial charge in [-0.25, -0.2) is 8.78 Å². The van der Waals surface area contributed by atoms with E-state index >= 15 is 0 Å². The lowest BCUT2D eigenvalue weighted by molar-refractivity contribution is 0.119. The molecule has 98 valence electrons. The van der Waals surface area contributed by atoms with Gasteiger partial charge in [0.1, 0.15) is 0 Å². The van der Waals surface area contributed by atoms with E-state index < -0.39 is 28.7 Å². The zero-order valence-electron chi connectivity index (χ0n) is 9.70. The second-order valence-corrected chi connectivity index (χ2v) is 6.07. The lowest BCUT2D eigenvalue weighted by Crippen LogP contribution is -2.51. The van der Waals surface area contributed by atoms with E-state index in [1.54, 1.807) is 20.8 Å². The van der Waals surface area contributed by atoms with Crippen LogP contribution in [0.25, 0.3) is 0 Å². The maximum atomic E-state index is 12.2. The molecule has 0 unspecified atom stereocenters. The van der Waals surface area contributed by atoms with Crippen LogP contribution in [-0.4, -0.2) is 44.3 Å². The molecular formula is C8H19F2N3O2S. The molecule has 0 aliphatic rings. The molecule has 3 N–H and O–H groups in total. The Morgan fingerprint density at radius 1 is 1.38 bits per heavy atom. The molecule has 8 heteroatoms. The van der Waals surface area contributed by atoms with Crippen LogP contribution in [0.5, 0.6) is 0 Å². The topological polar surface area (TPSA) is 75.4 Å². The van der Waals surface area contributed by atoms with E-state index in [4.69, 9.17) is 5.73 Å². The summed E-state index contributed by atoms with van der Waals surface area (Å²) in [4.78, 5) is 0. The summed E-state index contributed by atoms with van der Waals surface area (Å²) < 4.78 is 50.7. The van der Waals surface area contributed by atoms with E-state index in [0.29, 0.717) is 4.31 Å². The molecular weight excluding hydrogens is 240 g/mol. The highest BCUT2D eigenvalue weighted by molar-refractivity contribution is 7.87. The highest BCUT2D eigenvalue weighted by Crippen LogP contribution is 2.08. The van der Waals surface area contributed by atoms with E-state index in [-0.39, 0.29) is 13.1 Å². The Labute approximate surface area is 95.2 Å². The fourth-order valence-electron chi connectivity index (χ4n) is 1.06. The molecule has 0 fully saturated rings. The molecule has 0 saturated carbocycles. The third kappa shape index (κ3) is 6.31. The molecule has 0 aromatic rings. The van der Waals surface area contributed by atoms with Gasteiger partial charge in [0.25, 0.3) is 16.6 Å². The average molecular weight is 259 g/mol. The number of alkyl halides is 2. The maximum Gasteiger partial charge on any atom is 0.280 e. The number of nitrogens with one attached hydrogen (secondary N) is 1. The third-order valence-corrected chi connectivity index (χ3v) is 3.38. The quantitative estimate of drug-likeness (QED) is 0.712. The van der Waals surface area contributed by atoms with Crippen molar-refractivity contribution in [1.82, 2.24) is 9.03 Å². The van der Waals surface area contributed by atoms with Gasteiger partial charge in [-0.3, -0.25) is 0 Å². The molecule has 0 aromatic carbocycles. The van der Waals surface area contributed by atoms with E-state index in [1.165, 1.54) is 0 Å². The first-order chi connectivity index (χ1) is 7.08. The third-order valence-electron chi connectivity index (χ3n) is 1.50. The van der Waals surface area contributed by atoms with Crippen LogP contribution >= 0.6 is 0 Å². The normalized spacial score (nSPS) is 13.8. The van der Waals surface area contributed by atoms with Crippen LogP contribution in [0.2, 0.25) is 0 Å². The van der Waals surface area contributed by atoms with Gasteiger partial charge >= 0.3 is 0 Å². The Bertz CT molecular complexity index is 301. The van der Waals surface area contributed by atoms with Crippen molar-refractivity contribution in [1.29, 1.82) is 0 Å². The van der Waals surface area contributed by atoms with E-state index in [0.717, 1.165) is 0 Å². The van der Waals surface area contributed by atoms with Gasteiger partial charge in [0.05, 0.1) is 6.54 Å². The highest BCUT2D eigenvalue weighted by Gasteiger charge is 2.28. The van der Waals surface area contributed by atoms with Crippen molar-refractivity contribution in [2.24, 2.45) is 5.73 Å². The van der Waals surface area contributed by atoms with Crippen molar-refractivity contribution < 1.29 is 17.2 Å². The summed E-state index contributed by atoms with van der Waals surface area (Å²) in [5, 5.41) is 0. The summed E-state index contributed by atoms with van der Waals surface area (Å²) in [6.45, 7) is 3.92. The van der Waals surface area contributed by atoms with Gasteiger partial charge in [0, 0.05) is 18.6 Å². The van der Waals surface area contributed by atoms with Gasteiger partial charge in [0.2, 0.25) is 0 Å². The minimum absolute atomic E-state index is 0.00221. The van der Waals surface area contributed by atoms with Crippen LogP contribution in [0.3, 0.4) is 0 Å². The monoisotopic (exact) mass is 259 g/mol. The van der Waals surface area contributed by atoms with Crippen LogP contribution in [0.4, 0.5) is 8.78 Å². The fourth-order valence-corrected chi connectivity index (χ4v) is 2.62. The summed E-state index contributed by atoms with van der Waals surface area (Å²) in [6.07, 6.45) is -2.72. The second-order valence-electron chi connectivity index (χ2n) is 4.39. The molecule has 0 radical (unpaired) electrons. The lowest BCUT2D eigenvalue weighted by Gasteiger charge is -2.27. The lowest BCUT2D eigenvalue weighted by atomic mass is 10.1. The highest BCUT2D eigenvalue weighted by atomic mass is 32.2. The molecule has 0 atom stereocenters. The van der Waals surface area contributed by atoms with E-state index in [2.05, 4.69) is 4.72 Å². The molecule has 0 aliphatic heterocycles. The van der Waals surface area contributed by atoms with Crippen LogP contribution < -0.4 is 10.5 Å². The summed E-state index contributed by atoms with van der Waals surface area (Å²) in [7, 11) is -3.91. The molecule has 0 amide bonds. The Hall–Kier alpha value is -0.310. The zero-order chi connectivity index (χ0) is 13.0. The summed E-state index contributed by atoms with van der Waals surface area (Å²) in [5.41, 5.74) is 4.47. The number of rotatable bonds is 6. The number of nitrogens with zero attached hydrogens (tertiary/aromatic N) is 1. The SMILES string of the molecule is CC(C)(C)NS(=O)(=O)N(CCN)CC(F)F. The van der Waals surface area contributed by atoms with E-state index in [1.807, 2.05) is 0 Å². The predicted molar refractivity (Wildman–Crippen MR) is 58.4 cm³/mol. The van der Waals surface area contributed by atoms with E-state index in [9.17, 15) is 17.2 Å². The largest absolute Gasteiger partial charge is 0.329 e. The predicted octanol–water partition coefficient (Wildman–Crippen LogP) is 0.145. The molecule has 0 aromatic heterocycles. The molecule has 5 nitrogen and oxygen atoms in total. The summed E-state index contributed by atoms with van der Waals surface area (Å²) in [5.74, 6) is 0. The van der Waals surface area contributed by atoms with Gasteiger partial charge in [-0.1, -0.05) is 0 Å². The molecule has 0 bridgehead atoms. The van der Waals surface area contributed by atoms with Gasteiger partial charge in [-0.05, 0) is 20.8 Å². The molecule has 0 rings (SSSR count). The van der Waals surface area contributed by atoms with Crippen LogP contribution in [0.1, 0.15) is 20.8 Å². The molecule has 0 spiro atoms. The Morgan fingerprint density at radius 3 is 2.19 bits per heavy atom. The first kappa shape index (κ1) is 15.7. The fraction of sp³-hybridized carbons (Fsp3) is 1.00. The van der Waals surface area contributed by atoms with Gasteiger partial charge in [0.15, 0.2) is 0 Å². The second kappa shape index (κ2) is 5.85. The Morgan fingerprint density at radius 2 is 1.88 bits per heavy atom. The van der Waals surface area contributed by atoms with Crippen molar-refractivity contribution in [3.63, 3.8) is 0 Å². The van der Waals surface area contributed by atoms with Crippen molar-refractivity contribution in [2.45, 2.75) is 32.7 Å². The number of halogens is 2. The van der Waals surface area contributed by atoms with Crippen molar-refractivity contribution in [2.75, 3.05) is 19.6 Å². The Balaban J connectivity index is 4.76. The van der Waals surface area contributed by atoms with Crippen LogP contribution in [0.15, 0.2) is 0 Å². The van der Waals surface area contributed by atoms with Gasteiger partial charge < -0.3 is 5.73 Å². The van der Waals surface area contributed by atoms with Crippen molar-refractivity contribution in [3.05, 3.63) is 0 Å². The summed E-state index contributed by atoms with van der Waals surface area (Å²) >= 11 is 0. The number of hydrogen-bond donors (Lipinski definition) is 2. The number of hydrogen-bond acceptors (Lipinski definition) is 3. The first-order valence-corrected chi connectivity index (χ1v) is 6.30. The molecule has 0 heterocycles. The molecule has 0 saturated heterocycles. The smallest absolute Gasteiger partial charge is 0.280 e. The average Bonchev–Trinajstić information content (AvgIpc) is 1.97. The van der Waals surface area contributed by atoms with Gasteiger partial charge in [-0.15, -0.1) is 0 Å². The summed E-state index contributed by atoms with van der Waals surface area (Å²) in [6, 6.07) is 0. The number of nitrogens with two attached hydrogens (primary N) is 1. The van der Waals surface area contributed by atoms with Crippen molar-refractivity contribution >= 4 is 10.2 Å². The van der Waals surface area contributed by atoms with Gasteiger partial charge in [-0.2, -0.15) is 17.4 Å². The molecule has 0 aliphatic carbocycles. The van der Waals surface area contributed by atoms with Crippen LogP contribution in [-0.2, 0) is 10.2 Å². The first-order valence-electron chi connectivity index (χ1n) is 4.86. The zero-order valence-corrected chi connectivity index (χ0v) is 10.5. The van der Waals surface area contributed by atoms with Crippen molar-refractivity contribution in [3.8, 4) is 0 Å². The van der Waals surface area contributed by atoms with Crippen LogP contribution in [0, 0.1) is 0 Å². The Kier molecular flexibility index (Phi) is 5.74. The molecule has 16 heavy (non-hydrogen) atoms. The maximum absolute atomic E-state index is 12.2. The standard InChI is InChI=1S/C8H19F2N3O2S/c1-8(2,3)12-16(14,15)13(5-4-11)6-7(9)10/h7,12H,4-6,11H2,1-3H3. The minimum atomic E-state index is -3.91.